The zero-order valence-electron chi connectivity index (χ0n) is 16.9. The van der Waals surface area contributed by atoms with Crippen LogP contribution in [0.5, 0.6) is 0 Å². The highest BCUT2D eigenvalue weighted by Crippen LogP contribution is 2.30. The van der Waals surface area contributed by atoms with Gasteiger partial charge in [0, 0.05) is 11.1 Å². The molecule has 3 aromatic rings. The number of furan rings is 1. The number of carboxylic acid groups (broad SMARTS) is 1. The average Bonchev–Trinajstić information content (AvgIpc) is 3.48. The Hall–Kier alpha value is -4.46. The lowest BCUT2D eigenvalue weighted by Gasteiger charge is -2.11. The van der Waals surface area contributed by atoms with Gasteiger partial charge in [-0.15, -0.1) is 0 Å². The molecule has 1 N–H and O–H groups in total. The average molecular weight is 428 g/mol. The second kappa shape index (κ2) is 7.35. The maximum Gasteiger partial charge on any atom is 0.338 e. The predicted molar refractivity (Wildman–Crippen MR) is 115 cm³/mol. The molecule has 0 radical (unpaired) electrons. The highest BCUT2D eigenvalue weighted by molar-refractivity contribution is 6.32. The number of hydrogen-bond acceptors (Lipinski definition) is 6. The molecule has 0 saturated carbocycles. The third-order valence-corrected chi connectivity index (χ3v) is 5.31. The summed E-state index contributed by atoms with van der Waals surface area (Å²) in [5, 5.41) is 14.6. The molecule has 8 nitrogen and oxygen atoms in total. The van der Waals surface area contributed by atoms with E-state index in [0.29, 0.717) is 34.1 Å². The standard InChI is InChI=1S/C24H16N2O6/c1-13-19(22(27)26(25-13)17-6-4-14(5-7-17)23(28)29)11-18-8-9-21(32-18)15-2-3-16-12-31-24(30)20(16)10-15/h2-11H,12H2,1H3,(H,28,29)/b19-11-. The summed E-state index contributed by atoms with van der Waals surface area (Å²) in [6.07, 6.45) is 1.61. The molecule has 1 aromatic heterocycles. The molecule has 158 valence electrons. The number of esters is 1. The second-order valence-corrected chi connectivity index (χ2v) is 7.36. The van der Waals surface area contributed by atoms with E-state index in [0.717, 1.165) is 11.1 Å². The summed E-state index contributed by atoms with van der Waals surface area (Å²) >= 11 is 0. The smallest absolute Gasteiger partial charge is 0.338 e. The van der Waals surface area contributed by atoms with Gasteiger partial charge in [-0.1, -0.05) is 12.1 Å². The van der Waals surface area contributed by atoms with E-state index in [1.807, 2.05) is 12.1 Å². The molecule has 0 spiro atoms. The summed E-state index contributed by atoms with van der Waals surface area (Å²) < 4.78 is 10.9. The maximum absolute atomic E-state index is 12.9. The van der Waals surface area contributed by atoms with Crippen molar-refractivity contribution in [2.45, 2.75) is 13.5 Å². The summed E-state index contributed by atoms with van der Waals surface area (Å²) in [4.78, 5) is 35.8. The van der Waals surface area contributed by atoms with Gasteiger partial charge in [-0.2, -0.15) is 10.1 Å². The SMILES string of the molecule is CC1=NN(c2ccc(C(=O)O)cc2)C(=O)/C1=C\c1ccc(-c2ccc3c(c2)C(=O)OC3)o1. The number of nitrogens with zero attached hydrogens (tertiary/aromatic N) is 2. The van der Waals surface area contributed by atoms with E-state index in [-0.39, 0.29) is 24.0 Å². The Bertz CT molecular complexity index is 1350. The number of fused-ring (bicyclic) bond motifs is 1. The van der Waals surface area contributed by atoms with Gasteiger partial charge in [-0.25, -0.2) is 9.59 Å². The number of carbonyl (C=O) groups excluding carboxylic acids is 2. The number of anilines is 1. The van der Waals surface area contributed by atoms with E-state index in [9.17, 15) is 14.4 Å². The Morgan fingerprint density at radius 1 is 1.09 bits per heavy atom. The minimum absolute atomic E-state index is 0.125. The molecule has 2 aliphatic heterocycles. The van der Waals surface area contributed by atoms with Gasteiger partial charge in [0.25, 0.3) is 5.91 Å². The molecular formula is C24H16N2O6. The first-order valence-electron chi connectivity index (χ1n) is 9.76. The normalized spacial score (nSPS) is 16.3. The molecule has 0 fully saturated rings. The Morgan fingerprint density at radius 2 is 1.88 bits per heavy atom. The number of benzene rings is 2. The second-order valence-electron chi connectivity index (χ2n) is 7.36. The summed E-state index contributed by atoms with van der Waals surface area (Å²) in [6, 6.07) is 14.8. The first kappa shape index (κ1) is 19.5. The van der Waals surface area contributed by atoms with Crippen LogP contribution in [0, 0.1) is 0 Å². The molecule has 5 rings (SSSR count). The first-order chi connectivity index (χ1) is 15.4. The van der Waals surface area contributed by atoms with Crippen LogP contribution in [0.15, 0.2) is 69.7 Å². The predicted octanol–water partition coefficient (Wildman–Crippen LogP) is 4.12. The van der Waals surface area contributed by atoms with Crippen molar-refractivity contribution in [3.05, 3.63) is 82.6 Å². The number of carboxylic acids is 1. The Balaban J connectivity index is 1.40. The van der Waals surface area contributed by atoms with Crippen LogP contribution in [0.3, 0.4) is 0 Å². The van der Waals surface area contributed by atoms with Gasteiger partial charge in [0.05, 0.1) is 28.1 Å². The summed E-state index contributed by atoms with van der Waals surface area (Å²) in [5.41, 5.74) is 3.56. The summed E-state index contributed by atoms with van der Waals surface area (Å²) in [7, 11) is 0. The fourth-order valence-corrected chi connectivity index (χ4v) is 3.60. The lowest BCUT2D eigenvalue weighted by Crippen LogP contribution is -2.21. The van der Waals surface area contributed by atoms with Gasteiger partial charge in [0.2, 0.25) is 0 Å². The van der Waals surface area contributed by atoms with Crippen molar-refractivity contribution in [1.29, 1.82) is 0 Å². The van der Waals surface area contributed by atoms with E-state index >= 15 is 0 Å². The topological polar surface area (TPSA) is 109 Å². The van der Waals surface area contributed by atoms with E-state index in [2.05, 4.69) is 5.10 Å². The number of amides is 1. The van der Waals surface area contributed by atoms with Gasteiger partial charge < -0.3 is 14.3 Å². The number of carbonyl (C=O) groups is 3. The number of aromatic carboxylic acids is 1. The summed E-state index contributed by atoms with van der Waals surface area (Å²) in [6.45, 7) is 1.99. The van der Waals surface area contributed by atoms with Crippen molar-refractivity contribution in [2.24, 2.45) is 5.10 Å². The fourth-order valence-electron chi connectivity index (χ4n) is 3.60. The van der Waals surface area contributed by atoms with Crippen LogP contribution in [-0.2, 0) is 16.1 Å². The van der Waals surface area contributed by atoms with Crippen LogP contribution in [0.25, 0.3) is 17.4 Å². The van der Waals surface area contributed by atoms with Crippen molar-refractivity contribution in [2.75, 3.05) is 5.01 Å². The molecule has 0 bridgehead atoms. The van der Waals surface area contributed by atoms with Crippen LogP contribution in [0.4, 0.5) is 5.69 Å². The number of rotatable bonds is 4. The molecule has 2 aliphatic rings. The molecule has 0 saturated heterocycles. The maximum atomic E-state index is 12.9. The molecule has 2 aromatic carbocycles. The third-order valence-electron chi connectivity index (χ3n) is 5.31. The van der Waals surface area contributed by atoms with Crippen LogP contribution >= 0.6 is 0 Å². The Kier molecular flexibility index (Phi) is 4.48. The Labute approximate surface area is 182 Å². The number of ether oxygens (including phenoxy) is 1. The van der Waals surface area contributed by atoms with Crippen molar-refractivity contribution in [3.8, 4) is 11.3 Å². The quantitative estimate of drug-likeness (QED) is 0.495. The highest BCUT2D eigenvalue weighted by atomic mass is 16.5. The van der Waals surface area contributed by atoms with E-state index in [4.69, 9.17) is 14.3 Å². The molecule has 0 aliphatic carbocycles. The largest absolute Gasteiger partial charge is 0.478 e. The number of hydrogen-bond donors (Lipinski definition) is 1. The molecule has 1 amide bonds. The van der Waals surface area contributed by atoms with Crippen molar-refractivity contribution in [1.82, 2.24) is 0 Å². The molecule has 32 heavy (non-hydrogen) atoms. The van der Waals surface area contributed by atoms with E-state index in [1.165, 1.54) is 29.3 Å². The van der Waals surface area contributed by atoms with Gasteiger partial charge in [0.15, 0.2) is 0 Å². The van der Waals surface area contributed by atoms with Crippen LogP contribution in [-0.4, -0.2) is 28.7 Å². The fraction of sp³-hybridized carbons (Fsp3) is 0.0833. The van der Waals surface area contributed by atoms with Crippen molar-refractivity contribution < 1.29 is 28.6 Å². The monoisotopic (exact) mass is 428 g/mol. The first-order valence-corrected chi connectivity index (χ1v) is 9.76. The van der Waals surface area contributed by atoms with Crippen molar-refractivity contribution >= 4 is 35.3 Å². The van der Waals surface area contributed by atoms with Gasteiger partial charge in [-0.05, 0) is 55.5 Å². The summed E-state index contributed by atoms with van der Waals surface area (Å²) in [5.74, 6) is -0.720. The minimum Gasteiger partial charge on any atom is -0.478 e. The van der Waals surface area contributed by atoms with E-state index in [1.54, 1.807) is 31.2 Å². The van der Waals surface area contributed by atoms with Crippen LogP contribution in [0.2, 0.25) is 0 Å². The molecule has 8 heteroatoms. The zero-order valence-corrected chi connectivity index (χ0v) is 16.9. The highest BCUT2D eigenvalue weighted by Gasteiger charge is 2.29. The van der Waals surface area contributed by atoms with Crippen LogP contribution < -0.4 is 5.01 Å². The number of hydrazone groups is 1. The van der Waals surface area contributed by atoms with Gasteiger partial charge >= 0.3 is 11.9 Å². The van der Waals surface area contributed by atoms with Crippen LogP contribution in [0.1, 0.15) is 39.0 Å². The van der Waals surface area contributed by atoms with E-state index < -0.39 is 5.97 Å². The molecule has 0 unspecified atom stereocenters. The minimum atomic E-state index is -1.04. The Morgan fingerprint density at radius 3 is 2.62 bits per heavy atom. The molecule has 0 atom stereocenters. The zero-order chi connectivity index (χ0) is 22.4. The third kappa shape index (κ3) is 3.27. The lowest BCUT2D eigenvalue weighted by molar-refractivity contribution is -0.114. The van der Waals surface area contributed by atoms with Gasteiger partial charge in [0.1, 0.15) is 18.1 Å². The lowest BCUT2D eigenvalue weighted by atomic mass is 10.0. The number of cyclic esters (lactones) is 1. The van der Waals surface area contributed by atoms with Gasteiger partial charge in [-0.3, -0.25) is 4.79 Å². The molecular weight excluding hydrogens is 412 g/mol. The molecule has 3 heterocycles. The van der Waals surface area contributed by atoms with Crippen molar-refractivity contribution in [3.63, 3.8) is 0 Å².